The number of hydrogen-bond acceptors (Lipinski definition) is 1. The maximum Gasteiger partial charge on any atom is 0.419 e. The van der Waals surface area contributed by atoms with Gasteiger partial charge in [-0.05, 0) is 49.0 Å². The fraction of sp³-hybridized carbons (Fsp3) is 0.600. The molecule has 0 heterocycles. The predicted octanol–water partition coefficient (Wildman–Crippen LogP) is 4.27. The van der Waals surface area contributed by atoms with E-state index in [1.807, 2.05) is 6.92 Å². The zero-order chi connectivity index (χ0) is 15.3. The minimum absolute atomic E-state index is 0.241. The molecule has 1 nitrogen and oxygen atoms in total. The highest BCUT2D eigenvalue weighted by atomic mass is 19.4. The van der Waals surface area contributed by atoms with Gasteiger partial charge in [-0.25, -0.2) is 4.39 Å². The predicted molar refractivity (Wildman–Crippen MR) is 72.0 cm³/mol. The second-order valence-electron chi connectivity index (χ2n) is 5.67. The second-order valence-corrected chi connectivity index (χ2v) is 5.67. The number of halogens is 4. The van der Waals surface area contributed by atoms with E-state index in [1.54, 1.807) is 0 Å². The maximum atomic E-state index is 13.4. The van der Waals surface area contributed by atoms with Crippen molar-refractivity contribution in [3.63, 3.8) is 0 Å². The summed E-state index contributed by atoms with van der Waals surface area (Å²) in [7, 11) is 0. The smallest absolute Gasteiger partial charge is 0.316 e. The van der Waals surface area contributed by atoms with Crippen LogP contribution in [0.15, 0.2) is 18.2 Å². The lowest BCUT2D eigenvalue weighted by molar-refractivity contribution is -0.140. The van der Waals surface area contributed by atoms with Crippen LogP contribution >= 0.6 is 0 Å². The summed E-state index contributed by atoms with van der Waals surface area (Å²) < 4.78 is 50.7. The van der Waals surface area contributed by atoms with E-state index in [0.29, 0.717) is 17.9 Å². The van der Waals surface area contributed by atoms with Crippen LogP contribution in [-0.4, -0.2) is 13.1 Å². The molecule has 0 aliphatic carbocycles. The quantitative estimate of drug-likeness (QED) is 0.772. The van der Waals surface area contributed by atoms with Gasteiger partial charge in [0.25, 0.3) is 0 Å². The highest BCUT2D eigenvalue weighted by molar-refractivity contribution is 5.26. The van der Waals surface area contributed by atoms with Crippen LogP contribution in [0.1, 0.15) is 31.9 Å². The lowest BCUT2D eigenvalue weighted by Gasteiger charge is -2.15. The van der Waals surface area contributed by atoms with Crippen LogP contribution in [0.3, 0.4) is 0 Å². The van der Waals surface area contributed by atoms with Crippen molar-refractivity contribution in [1.82, 2.24) is 5.32 Å². The second kappa shape index (κ2) is 7.07. The van der Waals surface area contributed by atoms with E-state index >= 15 is 0 Å². The number of rotatable bonds is 6. The Morgan fingerprint density at radius 3 is 2.25 bits per heavy atom. The van der Waals surface area contributed by atoms with Gasteiger partial charge in [-0.3, -0.25) is 0 Å². The van der Waals surface area contributed by atoms with E-state index < -0.39 is 17.6 Å². The van der Waals surface area contributed by atoms with Crippen molar-refractivity contribution in [2.75, 3.05) is 13.1 Å². The minimum atomic E-state index is -4.63. The Kier molecular flexibility index (Phi) is 5.99. The van der Waals surface area contributed by atoms with Crippen LogP contribution in [0.5, 0.6) is 0 Å². The van der Waals surface area contributed by atoms with Crippen molar-refractivity contribution in [3.8, 4) is 0 Å². The molecule has 1 rings (SSSR count). The molecular formula is C15H21F4N. The van der Waals surface area contributed by atoms with Gasteiger partial charge in [-0.1, -0.05) is 26.8 Å². The molecule has 1 aromatic rings. The van der Waals surface area contributed by atoms with E-state index in [0.717, 1.165) is 25.2 Å². The molecule has 1 unspecified atom stereocenters. The number of alkyl halides is 3. The summed E-state index contributed by atoms with van der Waals surface area (Å²) in [6.07, 6.45) is -4.08. The molecular weight excluding hydrogens is 270 g/mol. The topological polar surface area (TPSA) is 12.0 Å². The van der Waals surface area contributed by atoms with Crippen LogP contribution in [0, 0.1) is 17.7 Å². The van der Waals surface area contributed by atoms with E-state index in [-0.39, 0.29) is 5.92 Å². The standard InChI is InChI=1S/C15H21F4N/c1-10(2)8-20-9-11(3)6-12-4-5-13(14(16)7-12)15(17,18)19/h4-5,7,10-11,20H,6,8-9H2,1-3H3. The molecule has 1 aromatic carbocycles. The van der Waals surface area contributed by atoms with E-state index in [9.17, 15) is 17.6 Å². The molecule has 0 aliphatic rings. The lowest BCUT2D eigenvalue weighted by atomic mass is 9.99. The number of hydrogen-bond donors (Lipinski definition) is 1. The highest BCUT2D eigenvalue weighted by Gasteiger charge is 2.33. The maximum absolute atomic E-state index is 13.4. The van der Waals surface area contributed by atoms with Gasteiger partial charge in [0.2, 0.25) is 0 Å². The molecule has 0 radical (unpaired) electrons. The third-order valence-corrected chi connectivity index (χ3v) is 2.97. The monoisotopic (exact) mass is 291 g/mol. The average molecular weight is 291 g/mol. The minimum Gasteiger partial charge on any atom is -0.316 e. The van der Waals surface area contributed by atoms with Crippen molar-refractivity contribution in [2.24, 2.45) is 11.8 Å². The molecule has 0 spiro atoms. The van der Waals surface area contributed by atoms with Gasteiger partial charge in [0.05, 0.1) is 5.56 Å². The molecule has 0 saturated heterocycles. The SMILES string of the molecule is CC(C)CNCC(C)Cc1ccc(C(F)(F)F)c(F)c1. The third kappa shape index (κ3) is 5.49. The first-order valence-electron chi connectivity index (χ1n) is 6.76. The molecule has 1 N–H and O–H groups in total. The largest absolute Gasteiger partial charge is 0.419 e. The van der Waals surface area contributed by atoms with Gasteiger partial charge in [-0.2, -0.15) is 13.2 Å². The molecule has 0 saturated carbocycles. The molecule has 0 fully saturated rings. The molecule has 0 aromatic heterocycles. The molecule has 1 atom stereocenters. The summed E-state index contributed by atoms with van der Waals surface area (Å²) in [5, 5.41) is 3.28. The molecule has 114 valence electrons. The zero-order valence-electron chi connectivity index (χ0n) is 12.0. The summed E-state index contributed by atoms with van der Waals surface area (Å²) in [6.45, 7) is 7.85. The summed E-state index contributed by atoms with van der Waals surface area (Å²) in [4.78, 5) is 0. The van der Waals surface area contributed by atoms with Crippen LogP contribution in [0.2, 0.25) is 0 Å². The van der Waals surface area contributed by atoms with Gasteiger partial charge in [0, 0.05) is 0 Å². The fourth-order valence-corrected chi connectivity index (χ4v) is 2.01. The van der Waals surface area contributed by atoms with Crippen LogP contribution in [-0.2, 0) is 12.6 Å². The van der Waals surface area contributed by atoms with Crippen molar-refractivity contribution < 1.29 is 17.6 Å². The molecule has 0 amide bonds. The first kappa shape index (κ1) is 17.0. The molecule has 0 bridgehead atoms. The summed E-state index contributed by atoms with van der Waals surface area (Å²) in [6, 6.07) is 3.16. The van der Waals surface area contributed by atoms with Gasteiger partial charge in [0.15, 0.2) is 0 Å². The van der Waals surface area contributed by atoms with Gasteiger partial charge < -0.3 is 5.32 Å². The normalized spacial score (nSPS) is 13.8. The van der Waals surface area contributed by atoms with E-state index in [1.165, 1.54) is 6.07 Å². The summed E-state index contributed by atoms with van der Waals surface area (Å²) in [5.74, 6) is -0.409. The average Bonchev–Trinajstić information content (AvgIpc) is 2.26. The van der Waals surface area contributed by atoms with Crippen molar-refractivity contribution in [1.29, 1.82) is 0 Å². The molecule has 0 aliphatic heterocycles. The highest BCUT2D eigenvalue weighted by Crippen LogP contribution is 2.31. The Hall–Kier alpha value is -1.10. The Bertz CT molecular complexity index is 426. The molecule has 20 heavy (non-hydrogen) atoms. The summed E-state index contributed by atoms with van der Waals surface area (Å²) in [5.41, 5.74) is -0.610. The van der Waals surface area contributed by atoms with Crippen LogP contribution < -0.4 is 5.32 Å². The van der Waals surface area contributed by atoms with E-state index in [2.05, 4.69) is 19.2 Å². The Labute approximate surface area is 117 Å². The van der Waals surface area contributed by atoms with E-state index in [4.69, 9.17) is 0 Å². The van der Waals surface area contributed by atoms with Crippen molar-refractivity contribution in [3.05, 3.63) is 35.1 Å². The Balaban J connectivity index is 2.59. The Morgan fingerprint density at radius 2 is 1.75 bits per heavy atom. The number of benzene rings is 1. The Morgan fingerprint density at radius 1 is 1.10 bits per heavy atom. The first-order chi connectivity index (χ1) is 9.20. The third-order valence-electron chi connectivity index (χ3n) is 2.97. The molecule has 5 heteroatoms. The van der Waals surface area contributed by atoms with Gasteiger partial charge >= 0.3 is 6.18 Å². The van der Waals surface area contributed by atoms with Crippen LogP contribution in [0.4, 0.5) is 17.6 Å². The lowest BCUT2D eigenvalue weighted by Crippen LogP contribution is -2.26. The van der Waals surface area contributed by atoms with Crippen LogP contribution in [0.25, 0.3) is 0 Å². The van der Waals surface area contributed by atoms with Crippen molar-refractivity contribution in [2.45, 2.75) is 33.4 Å². The number of nitrogens with one attached hydrogen (secondary N) is 1. The van der Waals surface area contributed by atoms with Gasteiger partial charge in [0.1, 0.15) is 5.82 Å². The van der Waals surface area contributed by atoms with Crippen molar-refractivity contribution >= 4 is 0 Å². The summed E-state index contributed by atoms with van der Waals surface area (Å²) >= 11 is 0. The first-order valence-corrected chi connectivity index (χ1v) is 6.76. The fourth-order valence-electron chi connectivity index (χ4n) is 2.01. The van der Waals surface area contributed by atoms with Gasteiger partial charge in [-0.15, -0.1) is 0 Å². The zero-order valence-corrected chi connectivity index (χ0v) is 12.0.